The van der Waals surface area contributed by atoms with Crippen molar-refractivity contribution in [3.63, 3.8) is 0 Å². The van der Waals surface area contributed by atoms with Crippen LogP contribution in [-0.4, -0.2) is 17.7 Å². The van der Waals surface area contributed by atoms with Gasteiger partial charge in [0, 0.05) is 12.5 Å². The first kappa shape index (κ1) is 8.02. The number of rotatable bonds is 1. The lowest BCUT2D eigenvalue weighted by molar-refractivity contribution is -0.289. The summed E-state index contributed by atoms with van der Waals surface area (Å²) in [5.41, 5.74) is 5.60. The zero-order valence-electron chi connectivity index (χ0n) is 7.27. The monoisotopic (exact) mass is 143 g/mol. The topological polar surface area (TPSA) is 35.2 Å². The Kier molecular flexibility index (Phi) is 1.57. The van der Waals surface area contributed by atoms with Crippen LogP contribution in [0.4, 0.5) is 0 Å². The highest BCUT2D eigenvalue weighted by Crippen LogP contribution is 2.45. The van der Waals surface area contributed by atoms with Gasteiger partial charge in [-0.25, -0.2) is 0 Å². The Hall–Kier alpha value is -0.0800. The molecule has 0 atom stereocenters. The van der Waals surface area contributed by atoms with Crippen molar-refractivity contribution in [2.45, 2.75) is 38.9 Å². The molecule has 0 unspecified atom stereocenters. The molecule has 0 aromatic rings. The van der Waals surface area contributed by atoms with Crippen LogP contribution in [0.2, 0.25) is 0 Å². The standard InChI is InChI=1S/C8H17NO/c1-7(2)6(5-9)8(3,4)10-7/h6H,5,9H2,1-4H3. The van der Waals surface area contributed by atoms with Gasteiger partial charge >= 0.3 is 0 Å². The Morgan fingerprint density at radius 3 is 1.70 bits per heavy atom. The summed E-state index contributed by atoms with van der Waals surface area (Å²) in [6.07, 6.45) is 0. The van der Waals surface area contributed by atoms with E-state index in [1.165, 1.54) is 0 Å². The van der Waals surface area contributed by atoms with E-state index in [0.29, 0.717) is 5.92 Å². The second-order valence-corrected chi connectivity index (χ2v) is 4.10. The van der Waals surface area contributed by atoms with Gasteiger partial charge in [-0.05, 0) is 27.7 Å². The highest BCUT2D eigenvalue weighted by molar-refractivity contribution is 5.02. The van der Waals surface area contributed by atoms with Crippen LogP contribution >= 0.6 is 0 Å². The van der Waals surface area contributed by atoms with Gasteiger partial charge in [-0.2, -0.15) is 0 Å². The summed E-state index contributed by atoms with van der Waals surface area (Å²) in [5.74, 6) is 0.500. The van der Waals surface area contributed by atoms with Crippen molar-refractivity contribution >= 4 is 0 Å². The second kappa shape index (κ2) is 1.95. The molecule has 0 bridgehead atoms. The van der Waals surface area contributed by atoms with Crippen LogP contribution in [0.5, 0.6) is 0 Å². The molecule has 1 heterocycles. The summed E-state index contributed by atoms with van der Waals surface area (Å²) in [7, 11) is 0. The van der Waals surface area contributed by atoms with Crippen molar-refractivity contribution in [2.75, 3.05) is 6.54 Å². The third kappa shape index (κ3) is 0.956. The van der Waals surface area contributed by atoms with Gasteiger partial charge in [0.25, 0.3) is 0 Å². The molecule has 1 saturated heterocycles. The van der Waals surface area contributed by atoms with Gasteiger partial charge in [0.1, 0.15) is 0 Å². The molecule has 1 fully saturated rings. The van der Waals surface area contributed by atoms with Crippen LogP contribution in [0.1, 0.15) is 27.7 Å². The minimum Gasteiger partial charge on any atom is -0.369 e. The van der Waals surface area contributed by atoms with Crippen LogP contribution in [0.3, 0.4) is 0 Å². The number of nitrogens with two attached hydrogens (primary N) is 1. The Balaban J connectivity index is 2.64. The van der Waals surface area contributed by atoms with Crippen LogP contribution in [0.25, 0.3) is 0 Å². The maximum absolute atomic E-state index is 5.64. The molecule has 1 aliphatic rings. The van der Waals surface area contributed by atoms with E-state index in [2.05, 4.69) is 27.7 Å². The second-order valence-electron chi connectivity index (χ2n) is 4.10. The van der Waals surface area contributed by atoms with E-state index in [1.807, 2.05) is 0 Å². The fourth-order valence-electron chi connectivity index (χ4n) is 2.17. The molecular formula is C8H17NO. The molecule has 0 spiro atoms. The van der Waals surface area contributed by atoms with Gasteiger partial charge in [0.2, 0.25) is 0 Å². The summed E-state index contributed by atoms with van der Waals surface area (Å²) >= 11 is 0. The summed E-state index contributed by atoms with van der Waals surface area (Å²) in [5, 5.41) is 0. The van der Waals surface area contributed by atoms with Crippen molar-refractivity contribution in [3.05, 3.63) is 0 Å². The van der Waals surface area contributed by atoms with E-state index in [1.54, 1.807) is 0 Å². The first-order valence-electron chi connectivity index (χ1n) is 3.80. The Morgan fingerprint density at radius 2 is 1.60 bits per heavy atom. The van der Waals surface area contributed by atoms with E-state index < -0.39 is 0 Å². The Morgan fingerprint density at radius 1 is 1.20 bits per heavy atom. The first-order valence-corrected chi connectivity index (χ1v) is 3.80. The summed E-state index contributed by atoms with van der Waals surface area (Å²) in [6, 6.07) is 0. The molecule has 1 rings (SSSR count). The molecule has 0 aromatic heterocycles. The normalized spacial score (nSPS) is 29.7. The molecule has 0 aliphatic carbocycles. The Bertz CT molecular complexity index is 126. The van der Waals surface area contributed by atoms with Crippen molar-refractivity contribution in [1.82, 2.24) is 0 Å². The number of hydrogen-bond donors (Lipinski definition) is 1. The van der Waals surface area contributed by atoms with Gasteiger partial charge in [-0.15, -0.1) is 0 Å². The van der Waals surface area contributed by atoms with Crippen LogP contribution in [0, 0.1) is 5.92 Å². The van der Waals surface area contributed by atoms with Gasteiger partial charge in [-0.3, -0.25) is 0 Å². The lowest BCUT2D eigenvalue weighted by atomic mass is 9.72. The van der Waals surface area contributed by atoms with Gasteiger partial charge in [0.05, 0.1) is 11.2 Å². The van der Waals surface area contributed by atoms with E-state index in [-0.39, 0.29) is 11.2 Å². The van der Waals surface area contributed by atoms with E-state index in [9.17, 15) is 0 Å². The predicted molar refractivity (Wildman–Crippen MR) is 41.8 cm³/mol. The minimum absolute atomic E-state index is 0.00174. The maximum Gasteiger partial charge on any atom is 0.0701 e. The predicted octanol–water partition coefficient (Wildman–Crippen LogP) is 1.15. The summed E-state index contributed by atoms with van der Waals surface area (Å²) in [4.78, 5) is 0. The molecule has 1 aliphatic heterocycles. The van der Waals surface area contributed by atoms with Gasteiger partial charge in [0.15, 0.2) is 0 Å². The highest BCUT2D eigenvalue weighted by atomic mass is 16.6. The zero-order chi connectivity index (χ0) is 7.99. The average molecular weight is 143 g/mol. The SMILES string of the molecule is CC1(C)OC(C)(C)C1CN. The minimum atomic E-state index is -0.00174. The largest absolute Gasteiger partial charge is 0.369 e. The maximum atomic E-state index is 5.64. The molecule has 2 N–H and O–H groups in total. The summed E-state index contributed by atoms with van der Waals surface area (Å²) in [6.45, 7) is 9.09. The van der Waals surface area contributed by atoms with E-state index in [4.69, 9.17) is 10.5 Å². The third-order valence-corrected chi connectivity index (χ3v) is 2.44. The van der Waals surface area contributed by atoms with Gasteiger partial charge in [-0.1, -0.05) is 0 Å². The number of ether oxygens (including phenoxy) is 1. The molecule has 60 valence electrons. The molecule has 10 heavy (non-hydrogen) atoms. The van der Waals surface area contributed by atoms with Crippen molar-refractivity contribution < 1.29 is 4.74 Å². The van der Waals surface area contributed by atoms with Crippen LogP contribution < -0.4 is 5.73 Å². The molecule has 2 nitrogen and oxygen atoms in total. The quantitative estimate of drug-likeness (QED) is 0.597. The molecule has 0 saturated carbocycles. The van der Waals surface area contributed by atoms with E-state index >= 15 is 0 Å². The van der Waals surface area contributed by atoms with Crippen molar-refractivity contribution in [3.8, 4) is 0 Å². The summed E-state index contributed by atoms with van der Waals surface area (Å²) < 4.78 is 5.64. The molecular weight excluding hydrogens is 126 g/mol. The third-order valence-electron chi connectivity index (χ3n) is 2.44. The fourth-order valence-corrected chi connectivity index (χ4v) is 2.17. The Labute approximate surface area is 62.7 Å². The molecule has 0 amide bonds. The first-order chi connectivity index (χ1) is 4.40. The highest BCUT2D eigenvalue weighted by Gasteiger charge is 2.53. The lowest BCUT2D eigenvalue weighted by Crippen LogP contribution is -2.65. The van der Waals surface area contributed by atoms with Gasteiger partial charge < -0.3 is 10.5 Å². The number of hydrogen-bond acceptors (Lipinski definition) is 2. The van der Waals surface area contributed by atoms with Crippen LogP contribution in [0.15, 0.2) is 0 Å². The lowest BCUT2D eigenvalue weighted by Gasteiger charge is -2.57. The fraction of sp³-hybridized carbons (Fsp3) is 1.00. The molecule has 0 radical (unpaired) electrons. The average Bonchev–Trinajstić information content (AvgIpc) is 1.59. The molecule has 2 heteroatoms. The molecule has 0 aromatic carbocycles. The smallest absolute Gasteiger partial charge is 0.0701 e. The zero-order valence-corrected chi connectivity index (χ0v) is 7.27. The van der Waals surface area contributed by atoms with E-state index in [0.717, 1.165) is 6.54 Å². The van der Waals surface area contributed by atoms with Crippen LogP contribution in [-0.2, 0) is 4.74 Å². The van der Waals surface area contributed by atoms with Crippen molar-refractivity contribution in [2.24, 2.45) is 11.7 Å². The van der Waals surface area contributed by atoms with Crippen molar-refractivity contribution in [1.29, 1.82) is 0 Å².